The maximum absolute atomic E-state index is 7.19. The molecule has 5 heteroatoms. The number of hydrogen-bond acceptors (Lipinski definition) is 5. The molecule has 7 rings (SSSR count). The second kappa shape index (κ2) is 7.19. The molecule has 3 aliphatic carbocycles. The number of nitrogens with one attached hydrogen (secondary N) is 1. The van der Waals surface area contributed by atoms with Crippen LogP contribution in [0.2, 0.25) is 0 Å². The number of nitrogens with two attached hydrogens (primary N) is 1. The lowest BCUT2D eigenvalue weighted by atomic mass is 9.53. The molecule has 0 fully saturated rings. The first-order valence-corrected chi connectivity index (χ1v) is 11.8. The van der Waals surface area contributed by atoms with Crippen LogP contribution in [-0.4, -0.2) is 10.5 Å². The van der Waals surface area contributed by atoms with Gasteiger partial charge in [0.2, 0.25) is 0 Å². The Morgan fingerprint density at radius 2 is 1.59 bits per heavy atom. The van der Waals surface area contributed by atoms with Crippen molar-refractivity contribution in [3.05, 3.63) is 112 Å². The Morgan fingerprint density at radius 3 is 2.28 bits per heavy atom. The van der Waals surface area contributed by atoms with Gasteiger partial charge in [0.15, 0.2) is 5.13 Å². The number of fused-ring (bicyclic) bond motifs is 1. The topological polar surface area (TPSA) is 60.2 Å². The van der Waals surface area contributed by atoms with E-state index in [-0.39, 0.29) is 11.5 Å². The van der Waals surface area contributed by atoms with Crippen LogP contribution in [0.3, 0.4) is 0 Å². The number of hydrogen-bond donors (Lipinski definition) is 2. The predicted octanol–water partition coefficient (Wildman–Crippen LogP) is 5.64. The first-order valence-electron chi connectivity index (χ1n) is 10.9. The van der Waals surface area contributed by atoms with Gasteiger partial charge in [-0.2, -0.15) is 0 Å². The van der Waals surface area contributed by atoms with E-state index in [0.29, 0.717) is 6.61 Å². The van der Waals surface area contributed by atoms with E-state index in [1.54, 1.807) is 11.3 Å². The molecule has 0 spiro atoms. The van der Waals surface area contributed by atoms with E-state index in [1.807, 2.05) is 30.3 Å². The molecule has 3 aliphatic rings. The van der Waals surface area contributed by atoms with Crippen LogP contribution in [0.5, 0.6) is 5.75 Å². The van der Waals surface area contributed by atoms with Crippen LogP contribution < -0.4 is 15.8 Å². The second-order valence-electron chi connectivity index (χ2n) is 9.04. The van der Waals surface area contributed by atoms with Gasteiger partial charge in [0.1, 0.15) is 12.4 Å². The number of ether oxygens (including phenoxy) is 1. The number of anilines is 1. The molecule has 1 aromatic heterocycles. The number of para-hydroxylation sites is 1. The number of thiazole rings is 1. The Labute approximate surface area is 192 Å². The fourth-order valence-corrected chi connectivity index (χ4v) is 6.48. The molecular formula is C27H25N3OS. The van der Waals surface area contributed by atoms with Gasteiger partial charge in [-0.05, 0) is 47.7 Å². The summed E-state index contributed by atoms with van der Waals surface area (Å²) < 4.78 is 5.88. The molecule has 32 heavy (non-hydrogen) atoms. The SMILES string of the molecule is CC1(Nc2nc(COc3ccccc3)cs2)CC2(N)c3ccccc3C1c1ccccc12. The summed E-state index contributed by atoms with van der Waals surface area (Å²) in [6, 6.07) is 27.1. The first-order chi connectivity index (χ1) is 15.6. The van der Waals surface area contributed by atoms with E-state index in [0.717, 1.165) is 23.0 Å². The Hall–Kier alpha value is -3.15. The molecule has 1 unspecified atom stereocenters. The third-order valence-electron chi connectivity index (χ3n) is 6.86. The monoisotopic (exact) mass is 439 g/mol. The van der Waals surface area contributed by atoms with Gasteiger partial charge in [-0.1, -0.05) is 66.7 Å². The van der Waals surface area contributed by atoms with Gasteiger partial charge in [0.05, 0.1) is 16.8 Å². The van der Waals surface area contributed by atoms with Gasteiger partial charge in [-0.15, -0.1) is 11.3 Å². The molecule has 2 bridgehead atoms. The molecule has 1 heterocycles. The van der Waals surface area contributed by atoms with Crippen molar-refractivity contribution < 1.29 is 4.74 Å². The highest BCUT2D eigenvalue weighted by Crippen LogP contribution is 2.58. The molecule has 0 saturated heterocycles. The summed E-state index contributed by atoms with van der Waals surface area (Å²) in [6.45, 7) is 2.74. The zero-order chi connectivity index (χ0) is 21.8. The van der Waals surface area contributed by atoms with E-state index in [4.69, 9.17) is 15.5 Å². The molecular weight excluding hydrogens is 414 g/mol. The van der Waals surface area contributed by atoms with Crippen molar-refractivity contribution in [2.24, 2.45) is 5.73 Å². The molecule has 4 nitrogen and oxygen atoms in total. The maximum atomic E-state index is 7.19. The minimum atomic E-state index is -0.514. The Balaban J connectivity index is 1.32. The predicted molar refractivity (Wildman–Crippen MR) is 129 cm³/mol. The van der Waals surface area contributed by atoms with Crippen LogP contribution in [0.4, 0.5) is 5.13 Å². The van der Waals surface area contributed by atoms with Gasteiger partial charge in [-0.25, -0.2) is 4.98 Å². The van der Waals surface area contributed by atoms with Crippen LogP contribution in [0.1, 0.15) is 47.2 Å². The van der Waals surface area contributed by atoms with Gasteiger partial charge in [-0.3, -0.25) is 0 Å². The maximum Gasteiger partial charge on any atom is 0.183 e. The molecule has 3 N–H and O–H groups in total. The molecule has 0 radical (unpaired) electrons. The average Bonchev–Trinajstić information content (AvgIpc) is 3.25. The van der Waals surface area contributed by atoms with Crippen LogP contribution in [0.25, 0.3) is 0 Å². The third kappa shape index (κ3) is 2.96. The standard InChI is InChI=1S/C27H25N3OS/c1-26(30-25-29-18(16-32-25)15-31-19-9-3-2-4-10-19)17-27(28)22-13-7-5-11-20(22)24(26)21-12-6-8-14-23(21)27/h2-14,16,24H,15,17,28H2,1H3,(H,29,30). The fourth-order valence-electron chi connectivity index (χ4n) is 5.65. The summed E-state index contributed by atoms with van der Waals surface area (Å²) in [7, 11) is 0. The van der Waals surface area contributed by atoms with Gasteiger partial charge in [0.25, 0.3) is 0 Å². The van der Waals surface area contributed by atoms with Crippen molar-refractivity contribution in [1.82, 2.24) is 4.98 Å². The van der Waals surface area contributed by atoms with Crippen LogP contribution >= 0.6 is 11.3 Å². The first kappa shape index (κ1) is 19.5. The van der Waals surface area contributed by atoms with Crippen LogP contribution in [0.15, 0.2) is 84.2 Å². The lowest BCUT2D eigenvalue weighted by Crippen LogP contribution is -2.60. The smallest absolute Gasteiger partial charge is 0.183 e. The molecule has 3 aromatic carbocycles. The van der Waals surface area contributed by atoms with Crippen molar-refractivity contribution in [2.75, 3.05) is 5.32 Å². The summed E-state index contributed by atoms with van der Waals surface area (Å²) in [5.74, 6) is 1.07. The third-order valence-corrected chi connectivity index (χ3v) is 7.67. The highest BCUT2D eigenvalue weighted by molar-refractivity contribution is 7.13. The quantitative estimate of drug-likeness (QED) is 0.422. The Morgan fingerprint density at radius 1 is 0.969 bits per heavy atom. The fraction of sp³-hybridized carbons (Fsp3) is 0.222. The molecule has 0 amide bonds. The van der Waals surface area contributed by atoms with E-state index in [2.05, 4.69) is 66.2 Å². The minimum absolute atomic E-state index is 0.216. The number of benzene rings is 3. The summed E-state index contributed by atoms with van der Waals surface area (Å²) in [6.07, 6.45) is 0.814. The summed E-state index contributed by atoms with van der Waals surface area (Å²) >= 11 is 1.62. The van der Waals surface area contributed by atoms with E-state index in [1.165, 1.54) is 22.3 Å². The largest absolute Gasteiger partial charge is 0.487 e. The molecule has 4 aromatic rings. The Bertz CT molecular complexity index is 1240. The number of aromatic nitrogens is 1. The van der Waals surface area contributed by atoms with Crippen LogP contribution in [0, 0.1) is 0 Å². The van der Waals surface area contributed by atoms with Crippen molar-refractivity contribution in [3.8, 4) is 5.75 Å². The zero-order valence-corrected chi connectivity index (χ0v) is 18.7. The second-order valence-corrected chi connectivity index (χ2v) is 9.90. The summed E-state index contributed by atoms with van der Waals surface area (Å²) in [4.78, 5) is 4.82. The van der Waals surface area contributed by atoms with Crippen LogP contribution in [-0.2, 0) is 12.1 Å². The van der Waals surface area contributed by atoms with Crippen molar-refractivity contribution in [1.29, 1.82) is 0 Å². The number of nitrogens with zero attached hydrogens (tertiary/aromatic N) is 1. The molecule has 0 aliphatic heterocycles. The van der Waals surface area contributed by atoms with Gasteiger partial charge < -0.3 is 15.8 Å². The highest BCUT2D eigenvalue weighted by atomic mass is 32.1. The normalized spacial score (nSPS) is 25.1. The molecule has 160 valence electrons. The van der Waals surface area contributed by atoms with Gasteiger partial charge in [0, 0.05) is 11.3 Å². The molecule has 0 saturated carbocycles. The minimum Gasteiger partial charge on any atom is -0.487 e. The molecule has 1 atom stereocenters. The highest BCUT2D eigenvalue weighted by Gasteiger charge is 2.56. The lowest BCUT2D eigenvalue weighted by molar-refractivity contribution is 0.270. The summed E-state index contributed by atoms with van der Waals surface area (Å²) in [5, 5.41) is 6.76. The van der Waals surface area contributed by atoms with E-state index < -0.39 is 5.54 Å². The van der Waals surface area contributed by atoms with Crippen molar-refractivity contribution >= 4 is 16.5 Å². The average molecular weight is 440 g/mol. The number of rotatable bonds is 5. The van der Waals surface area contributed by atoms with Crippen molar-refractivity contribution in [2.45, 2.75) is 36.9 Å². The van der Waals surface area contributed by atoms with Gasteiger partial charge >= 0.3 is 0 Å². The van der Waals surface area contributed by atoms with E-state index >= 15 is 0 Å². The van der Waals surface area contributed by atoms with E-state index in [9.17, 15) is 0 Å². The summed E-state index contributed by atoms with van der Waals surface area (Å²) in [5.41, 5.74) is 12.5. The zero-order valence-electron chi connectivity index (χ0n) is 17.9. The van der Waals surface area contributed by atoms with Crippen molar-refractivity contribution in [3.63, 3.8) is 0 Å². The lowest BCUT2D eigenvalue weighted by Gasteiger charge is -2.56. The Kier molecular flexibility index (Phi) is 4.39.